The van der Waals surface area contributed by atoms with E-state index < -0.39 is 6.43 Å². The Morgan fingerprint density at radius 3 is 2.67 bits per heavy atom. The molecule has 100 valence electrons. The van der Waals surface area contributed by atoms with Crippen molar-refractivity contribution in [1.82, 2.24) is 5.32 Å². The number of piperidine rings is 1. The van der Waals surface area contributed by atoms with E-state index in [2.05, 4.69) is 26.6 Å². The van der Waals surface area contributed by atoms with Crippen LogP contribution in [0.4, 0.5) is 14.5 Å². The average molecular weight is 319 g/mol. The number of nitrogens with one attached hydrogen (secondary N) is 2. The normalized spacial score (nSPS) is 17.1. The molecule has 1 heterocycles. The maximum absolute atomic E-state index is 12.5. The Labute approximate surface area is 114 Å². The van der Waals surface area contributed by atoms with Crippen LogP contribution in [0.1, 0.15) is 24.8 Å². The van der Waals surface area contributed by atoms with Crippen molar-refractivity contribution in [1.29, 1.82) is 0 Å². The van der Waals surface area contributed by atoms with E-state index in [1.165, 1.54) is 25.0 Å². The third kappa shape index (κ3) is 3.65. The van der Waals surface area contributed by atoms with Crippen LogP contribution in [-0.2, 0) is 0 Å². The minimum absolute atomic E-state index is 0.0503. The summed E-state index contributed by atoms with van der Waals surface area (Å²) in [5.41, 5.74) is 0.937. The largest absolute Gasteiger partial charge is 0.384 e. The highest BCUT2D eigenvalue weighted by atomic mass is 79.9. The summed E-state index contributed by atoms with van der Waals surface area (Å²) in [6.07, 6.45) is -0.0841. The zero-order valence-corrected chi connectivity index (χ0v) is 11.6. The molecule has 2 rings (SSSR count). The van der Waals surface area contributed by atoms with Crippen LogP contribution < -0.4 is 10.6 Å². The van der Waals surface area contributed by atoms with E-state index in [1.54, 1.807) is 6.07 Å². The van der Waals surface area contributed by atoms with Gasteiger partial charge in [-0.2, -0.15) is 0 Å². The highest BCUT2D eigenvalue weighted by Gasteiger charge is 2.14. The van der Waals surface area contributed by atoms with Gasteiger partial charge in [-0.3, -0.25) is 0 Å². The molecule has 0 aromatic heterocycles. The Bertz CT molecular complexity index is 393. The summed E-state index contributed by atoms with van der Waals surface area (Å²) in [5, 5.41) is 6.65. The molecule has 1 aromatic carbocycles. The van der Waals surface area contributed by atoms with Gasteiger partial charge in [0.25, 0.3) is 6.43 Å². The van der Waals surface area contributed by atoms with Crippen LogP contribution in [0.3, 0.4) is 0 Å². The summed E-state index contributed by atoms with van der Waals surface area (Å²) in [4.78, 5) is 0. The number of rotatable bonds is 4. The lowest BCUT2D eigenvalue weighted by molar-refractivity contribution is 0.151. The van der Waals surface area contributed by atoms with Gasteiger partial charge in [-0.25, -0.2) is 8.78 Å². The molecule has 0 aliphatic carbocycles. The predicted molar refractivity (Wildman–Crippen MR) is 73.2 cm³/mol. The van der Waals surface area contributed by atoms with E-state index in [0.29, 0.717) is 10.4 Å². The van der Waals surface area contributed by atoms with Crippen molar-refractivity contribution in [2.45, 2.75) is 19.3 Å². The van der Waals surface area contributed by atoms with E-state index in [-0.39, 0.29) is 5.56 Å². The van der Waals surface area contributed by atoms with Gasteiger partial charge in [0.2, 0.25) is 0 Å². The fourth-order valence-electron chi connectivity index (χ4n) is 2.15. The SMILES string of the molecule is FC(F)c1ccc(NCC2CCNCC2)c(Br)c1. The van der Waals surface area contributed by atoms with Crippen LogP contribution in [0.2, 0.25) is 0 Å². The Kier molecular flexibility index (Phi) is 4.95. The molecule has 0 atom stereocenters. The number of alkyl halides is 2. The van der Waals surface area contributed by atoms with Crippen LogP contribution in [0.5, 0.6) is 0 Å². The van der Waals surface area contributed by atoms with E-state index in [4.69, 9.17) is 0 Å². The summed E-state index contributed by atoms with van der Waals surface area (Å²) in [6, 6.07) is 4.67. The lowest BCUT2D eigenvalue weighted by Gasteiger charge is -2.23. The molecule has 0 spiro atoms. The molecule has 2 N–H and O–H groups in total. The van der Waals surface area contributed by atoms with Crippen LogP contribution in [-0.4, -0.2) is 19.6 Å². The molecule has 1 fully saturated rings. The van der Waals surface area contributed by atoms with Crippen molar-refractivity contribution in [2.24, 2.45) is 5.92 Å². The summed E-state index contributed by atoms with van der Waals surface area (Å²) in [5.74, 6) is 0.660. The van der Waals surface area contributed by atoms with Gasteiger partial charge in [-0.15, -0.1) is 0 Å². The molecule has 1 saturated heterocycles. The first-order valence-corrected chi connectivity index (χ1v) is 6.98. The van der Waals surface area contributed by atoms with Crippen molar-refractivity contribution in [2.75, 3.05) is 25.0 Å². The number of hydrogen-bond donors (Lipinski definition) is 2. The summed E-state index contributed by atoms with van der Waals surface area (Å²) in [7, 11) is 0. The van der Waals surface area contributed by atoms with Crippen LogP contribution in [0, 0.1) is 5.92 Å². The molecule has 1 aromatic rings. The van der Waals surface area contributed by atoms with Crippen LogP contribution in [0.15, 0.2) is 22.7 Å². The third-order valence-corrected chi connectivity index (χ3v) is 3.94. The topological polar surface area (TPSA) is 24.1 Å². The van der Waals surface area contributed by atoms with E-state index in [9.17, 15) is 8.78 Å². The quantitative estimate of drug-likeness (QED) is 0.882. The second-order valence-electron chi connectivity index (χ2n) is 4.61. The van der Waals surface area contributed by atoms with Gasteiger partial charge in [0.15, 0.2) is 0 Å². The zero-order chi connectivity index (χ0) is 13.0. The molecular formula is C13H17BrF2N2. The molecule has 0 bridgehead atoms. The van der Waals surface area contributed by atoms with E-state index in [1.807, 2.05) is 0 Å². The van der Waals surface area contributed by atoms with Crippen molar-refractivity contribution in [3.63, 3.8) is 0 Å². The molecule has 1 aliphatic rings. The lowest BCUT2D eigenvalue weighted by Crippen LogP contribution is -2.31. The second kappa shape index (κ2) is 6.48. The van der Waals surface area contributed by atoms with Crippen molar-refractivity contribution in [3.8, 4) is 0 Å². The third-order valence-electron chi connectivity index (χ3n) is 3.29. The summed E-state index contributed by atoms with van der Waals surface area (Å²) < 4.78 is 25.7. The van der Waals surface area contributed by atoms with Crippen LogP contribution in [0.25, 0.3) is 0 Å². The Morgan fingerprint density at radius 2 is 2.06 bits per heavy atom. The summed E-state index contributed by atoms with van der Waals surface area (Å²) in [6.45, 7) is 3.03. The highest BCUT2D eigenvalue weighted by Crippen LogP contribution is 2.28. The molecule has 2 nitrogen and oxygen atoms in total. The Hall–Kier alpha value is -0.680. The van der Waals surface area contributed by atoms with Gasteiger partial charge in [-0.1, -0.05) is 6.07 Å². The van der Waals surface area contributed by atoms with Crippen LogP contribution >= 0.6 is 15.9 Å². The average Bonchev–Trinajstić information content (AvgIpc) is 2.38. The zero-order valence-electron chi connectivity index (χ0n) is 10.1. The molecule has 0 saturated carbocycles. The van der Waals surface area contributed by atoms with Gasteiger partial charge in [0.05, 0.1) is 0 Å². The number of anilines is 1. The smallest absolute Gasteiger partial charge is 0.263 e. The standard InChI is InChI=1S/C13H17BrF2N2/c14-11-7-10(13(15)16)1-2-12(11)18-8-9-3-5-17-6-4-9/h1-2,7,9,13,17-18H,3-6,8H2. The molecule has 1 aliphatic heterocycles. The maximum Gasteiger partial charge on any atom is 0.263 e. The highest BCUT2D eigenvalue weighted by molar-refractivity contribution is 9.10. The molecule has 0 unspecified atom stereocenters. The molecule has 5 heteroatoms. The number of hydrogen-bond acceptors (Lipinski definition) is 2. The first kappa shape index (κ1) is 13.7. The predicted octanol–water partition coefficient (Wildman–Crippen LogP) is 3.80. The maximum atomic E-state index is 12.5. The fraction of sp³-hybridized carbons (Fsp3) is 0.538. The molecule has 0 amide bonds. The Morgan fingerprint density at radius 1 is 1.33 bits per heavy atom. The first-order chi connectivity index (χ1) is 8.66. The number of halogens is 3. The molecule has 18 heavy (non-hydrogen) atoms. The van der Waals surface area contributed by atoms with E-state index >= 15 is 0 Å². The van der Waals surface area contributed by atoms with Gasteiger partial charge in [-0.05, 0) is 59.9 Å². The fourth-order valence-corrected chi connectivity index (χ4v) is 2.69. The van der Waals surface area contributed by atoms with Crippen molar-refractivity contribution in [3.05, 3.63) is 28.2 Å². The van der Waals surface area contributed by atoms with Crippen molar-refractivity contribution < 1.29 is 8.78 Å². The molecular weight excluding hydrogens is 302 g/mol. The minimum atomic E-state index is -2.42. The first-order valence-electron chi connectivity index (χ1n) is 6.19. The summed E-state index contributed by atoms with van der Waals surface area (Å²) >= 11 is 3.33. The molecule has 0 radical (unpaired) electrons. The Balaban J connectivity index is 1.92. The van der Waals surface area contributed by atoms with Gasteiger partial charge < -0.3 is 10.6 Å². The number of benzene rings is 1. The lowest BCUT2D eigenvalue weighted by atomic mass is 9.98. The van der Waals surface area contributed by atoms with Gasteiger partial charge in [0.1, 0.15) is 0 Å². The second-order valence-corrected chi connectivity index (χ2v) is 5.47. The van der Waals surface area contributed by atoms with Crippen molar-refractivity contribution >= 4 is 21.6 Å². The van der Waals surface area contributed by atoms with Gasteiger partial charge >= 0.3 is 0 Å². The monoisotopic (exact) mass is 318 g/mol. The minimum Gasteiger partial charge on any atom is -0.384 e. The van der Waals surface area contributed by atoms with E-state index in [0.717, 1.165) is 25.3 Å². The van der Waals surface area contributed by atoms with Gasteiger partial charge in [0, 0.05) is 22.3 Å².